The van der Waals surface area contributed by atoms with Crippen LogP contribution in [0.3, 0.4) is 0 Å². The summed E-state index contributed by atoms with van der Waals surface area (Å²) in [6.07, 6.45) is 3.38. The molecule has 1 saturated heterocycles. The predicted octanol–water partition coefficient (Wildman–Crippen LogP) is 3.84. The number of rotatable bonds is 4. The molecule has 0 saturated carbocycles. The first-order chi connectivity index (χ1) is 13.5. The minimum atomic E-state index is -0.357. The molecule has 7 heteroatoms. The molecule has 3 heterocycles. The largest absolute Gasteiger partial charge is 0.337 e. The Morgan fingerprint density at radius 1 is 1.04 bits per heavy atom. The summed E-state index contributed by atoms with van der Waals surface area (Å²) in [6, 6.07) is 14.2. The highest BCUT2D eigenvalue weighted by molar-refractivity contribution is 6.35. The lowest BCUT2D eigenvalue weighted by molar-refractivity contribution is 0.0596. The van der Waals surface area contributed by atoms with Crippen LogP contribution in [0.4, 0.5) is 0 Å². The standard InChI is InChI=1S/C21H17Cl2N3O2/c22-17-6-3-7-18(23)16(17)13-25-10-4-5-15(20(25)27)21(28)26-11-14(12-26)19-8-1-2-9-24-19/h1-10,14H,11-13H2. The zero-order chi connectivity index (χ0) is 19.7. The maximum atomic E-state index is 12.9. The van der Waals surface area contributed by atoms with E-state index < -0.39 is 0 Å². The maximum absolute atomic E-state index is 12.9. The van der Waals surface area contributed by atoms with Crippen molar-refractivity contribution in [2.45, 2.75) is 12.5 Å². The van der Waals surface area contributed by atoms with Crippen molar-refractivity contribution < 1.29 is 4.79 Å². The number of likely N-dealkylation sites (tertiary alicyclic amines) is 1. The molecule has 0 N–H and O–H groups in total. The number of aromatic nitrogens is 2. The highest BCUT2D eigenvalue weighted by Crippen LogP contribution is 2.27. The molecule has 1 amide bonds. The lowest BCUT2D eigenvalue weighted by Crippen LogP contribution is -2.50. The third-order valence-electron chi connectivity index (χ3n) is 4.92. The van der Waals surface area contributed by atoms with E-state index in [-0.39, 0.29) is 29.5 Å². The summed E-state index contributed by atoms with van der Waals surface area (Å²) in [5.74, 6) is -0.0604. The monoisotopic (exact) mass is 413 g/mol. The van der Waals surface area contributed by atoms with E-state index in [2.05, 4.69) is 4.98 Å². The second-order valence-electron chi connectivity index (χ2n) is 6.72. The summed E-state index contributed by atoms with van der Waals surface area (Å²) in [4.78, 5) is 31.7. The second-order valence-corrected chi connectivity index (χ2v) is 7.53. The van der Waals surface area contributed by atoms with E-state index in [0.29, 0.717) is 28.7 Å². The van der Waals surface area contributed by atoms with Crippen LogP contribution in [0.15, 0.2) is 65.7 Å². The van der Waals surface area contributed by atoms with E-state index in [4.69, 9.17) is 23.2 Å². The topological polar surface area (TPSA) is 55.2 Å². The summed E-state index contributed by atoms with van der Waals surface area (Å²) >= 11 is 12.4. The third-order valence-corrected chi connectivity index (χ3v) is 5.62. The van der Waals surface area contributed by atoms with Crippen LogP contribution in [-0.2, 0) is 6.54 Å². The zero-order valence-electron chi connectivity index (χ0n) is 14.9. The van der Waals surface area contributed by atoms with Crippen molar-refractivity contribution in [1.82, 2.24) is 14.5 Å². The Morgan fingerprint density at radius 2 is 1.79 bits per heavy atom. The molecule has 0 aliphatic carbocycles. The SMILES string of the molecule is O=C(c1cccn(Cc2c(Cl)cccc2Cl)c1=O)N1CC(c2ccccn2)C1. The molecule has 28 heavy (non-hydrogen) atoms. The molecule has 5 nitrogen and oxygen atoms in total. The van der Waals surface area contributed by atoms with E-state index in [1.165, 1.54) is 4.57 Å². The average molecular weight is 414 g/mol. The van der Waals surface area contributed by atoms with Gasteiger partial charge in [-0.05, 0) is 36.4 Å². The van der Waals surface area contributed by atoms with Crippen LogP contribution >= 0.6 is 23.2 Å². The number of nitrogens with zero attached hydrogens (tertiary/aromatic N) is 3. The first-order valence-electron chi connectivity index (χ1n) is 8.87. The molecule has 0 atom stereocenters. The number of hydrogen-bond donors (Lipinski definition) is 0. The summed E-state index contributed by atoms with van der Waals surface area (Å²) < 4.78 is 1.45. The number of halogens is 2. The molecule has 0 unspecified atom stereocenters. The van der Waals surface area contributed by atoms with Gasteiger partial charge in [0.05, 0.1) is 6.54 Å². The Labute approximate surface area is 172 Å². The van der Waals surface area contributed by atoms with Gasteiger partial charge in [-0.2, -0.15) is 0 Å². The Balaban J connectivity index is 1.53. The normalized spacial score (nSPS) is 14.0. The molecule has 1 aromatic carbocycles. The molecule has 1 aliphatic rings. The Bertz CT molecular complexity index is 1060. The van der Waals surface area contributed by atoms with Gasteiger partial charge in [0, 0.05) is 52.7 Å². The molecule has 142 valence electrons. The lowest BCUT2D eigenvalue weighted by Gasteiger charge is -2.38. The second kappa shape index (κ2) is 7.78. The predicted molar refractivity (Wildman–Crippen MR) is 109 cm³/mol. The molecular weight excluding hydrogens is 397 g/mol. The van der Waals surface area contributed by atoms with Crippen LogP contribution in [0, 0.1) is 0 Å². The summed E-state index contributed by atoms with van der Waals surface area (Å²) in [5.41, 5.74) is 1.40. The molecule has 0 spiro atoms. The van der Waals surface area contributed by atoms with E-state index in [9.17, 15) is 9.59 Å². The zero-order valence-corrected chi connectivity index (χ0v) is 16.4. The van der Waals surface area contributed by atoms with Crippen LogP contribution in [0.2, 0.25) is 10.0 Å². The van der Waals surface area contributed by atoms with Gasteiger partial charge in [-0.3, -0.25) is 14.6 Å². The van der Waals surface area contributed by atoms with E-state index >= 15 is 0 Å². The quantitative estimate of drug-likeness (QED) is 0.652. The highest BCUT2D eigenvalue weighted by Gasteiger charge is 2.34. The van der Waals surface area contributed by atoms with E-state index in [1.54, 1.807) is 47.6 Å². The van der Waals surface area contributed by atoms with Crippen molar-refractivity contribution in [3.05, 3.63) is 98.1 Å². The summed E-state index contributed by atoms with van der Waals surface area (Å²) in [7, 11) is 0. The Kier molecular flexibility index (Phi) is 5.20. The van der Waals surface area contributed by atoms with Crippen molar-refractivity contribution in [1.29, 1.82) is 0 Å². The Morgan fingerprint density at radius 3 is 2.46 bits per heavy atom. The molecule has 0 radical (unpaired) electrons. The molecular formula is C21H17Cl2N3O2. The smallest absolute Gasteiger partial charge is 0.263 e. The van der Waals surface area contributed by atoms with Crippen LogP contribution in [0.5, 0.6) is 0 Å². The Hall–Kier alpha value is -2.63. The fraction of sp³-hybridized carbons (Fsp3) is 0.190. The fourth-order valence-electron chi connectivity index (χ4n) is 3.30. The number of carbonyl (C=O) groups excluding carboxylic acids is 1. The van der Waals surface area contributed by atoms with Gasteiger partial charge in [0.2, 0.25) is 0 Å². The first kappa shape index (κ1) is 18.7. The van der Waals surface area contributed by atoms with Crippen molar-refractivity contribution in [2.24, 2.45) is 0 Å². The molecule has 1 fully saturated rings. The average Bonchev–Trinajstić information content (AvgIpc) is 2.65. The van der Waals surface area contributed by atoms with E-state index in [0.717, 1.165) is 5.69 Å². The van der Waals surface area contributed by atoms with Gasteiger partial charge in [0.1, 0.15) is 5.56 Å². The maximum Gasteiger partial charge on any atom is 0.263 e. The van der Waals surface area contributed by atoms with Crippen LogP contribution < -0.4 is 5.56 Å². The summed E-state index contributed by atoms with van der Waals surface area (Å²) in [6.45, 7) is 1.32. The molecule has 0 bridgehead atoms. The lowest BCUT2D eigenvalue weighted by atomic mass is 9.95. The number of hydrogen-bond acceptors (Lipinski definition) is 3. The minimum Gasteiger partial charge on any atom is -0.337 e. The van der Waals surface area contributed by atoms with Crippen molar-refractivity contribution in [3.63, 3.8) is 0 Å². The van der Waals surface area contributed by atoms with Gasteiger partial charge in [-0.15, -0.1) is 0 Å². The molecule has 3 aromatic rings. The van der Waals surface area contributed by atoms with Gasteiger partial charge in [0.15, 0.2) is 0 Å². The first-order valence-corrected chi connectivity index (χ1v) is 9.62. The van der Waals surface area contributed by atoms with Gasteiger partial charge in [0.25, 0.3) is 11.5 Å². The summed E-state index contributed by atoms with van der Waals surface area (Å²) in [5, 5.41) is 0.967. The van der Waals surface area contributed by atoms with Gasteiger partial charge >= 0.3 is 0 Å². The highest BCUT2D eigenvalue weighted by atomic mass is 35.5. The van der Waals surface area contributed by atoms with Crippen molar-refractivity contribution in [2.75, 3.05) is 13.1 Å². The third kappa shape index (κ3) is 3.55. The van der Waals surface area contributed by atoms with Crippen LogP contribution in [-0.4, -0.2) is 33.4 Å². The fourth-order valence-corrected chi connectivity index (χ4v) is 3.81. The number of pyridine rings is 2. The number of carbonyl (C=O) groups is 1. The van der Waals surface area contributed by atoms with Crippen molar-refractivity contribution in [3.8, 4) is 0 Å². The van der Waals surface area contributed by atoms with Crippen LogP contribution in [0.25, 0.3) is 0 Å². The molecule has 1 aliphatic heterocycles. The van der Waals surface area contributed by atoms with Crippen LogP contribution in [0.1, 0.15) is 27.5 Å². The molecule has 2 aromatic heterocycles. The minimum absolute atomic E-state index is 0.144. The number of amides is 1. The van der Waals surface area contributed by atoms with Gasteiger partial charge in [-0.25, -0.2) is 0 Å². The van der Waals surface area contributed by atoms with E-state index in [1.807, 2.05) is 18.2 Å². The van der Waals surface area contributed by atoms with Crippen molar-refractivity contribution >= 4 is 29.1 Å². The number of benzene rings is 1. The molecule has 4 rings (SSSR count). The van der Waals surface area contributed by atoms with Gasteiger partial charge in [-0.1, -0.05) is 35.3 Å². The van der Waals surface area contributed by atoms with Gasteiger partial charge < -0.3 is 9.47 Å².